The maximum absolute atomic E-state index is 6.95. The highest BCUT2D eigenvalue weighted by Gasteiger charge is 2.24. The predicted molar refractivity (Wildman–Crippen MR) is 281 cm³/mol. The van der Waals surface area contributed by atoms with Crippen LogP contribution in [0.3, 0.4) is 0 Å². The van der Waals surface area contributed by atoms with Crippen molar-refractivity contribution in [3.8, 4) is 73.2 Å². The standard InChI is InChI=1S/C63H38N4O2/c1-4-16-39(17-5-1)41-28-30-43(31-29-41)62-64-61(42-20-8-3-9-21-42)65-63(66-62)45-35-51(59-49-24-12-15-27-57(49)68-58(59)36-45)53-38-46(37-52-48-23-11-14-26-56(48)69-60(52)53)67-54-25-13-10-22-47(54)50-34-44(32-33-55(50)67)40-18-6-2-7-19-40/h1-38H. The normalized spacial score (nSPS) is 11.8. The van der Waals surface area contributed by atoms with Gasteiger partial charge in [-0.2, -0.15) is 0 Å². The van der Waals surface area contributed by atoms with E-state index in [-0.39, 0.29) is 0 Å². The number of aromatic nitrogens is 4. The van der Waals surface area contributed by atoms with Crippen LogP contribution in [0.15, 0.2) is 239 Å². The van der Waals surface area contributed by atoms with Crippen molar-refractivity contribution in [3.05, 3.63) is 231 Å². The molecule has 6 nitrogen and oxygen atoms in total. The van der Waals surface area contributed by atoms with Crippen LogP contribution < -0.4 is 0 Å². The van der Waals surface area contributed by atoms with Crippen LogP contribution in [0.2, 0.25) is 0 Å². The van der Waals surface area contributed by atoms with Crippen LogP contribution in [0.4, 0.5) is 0 Å². The van der Waals surface area contributed by atoms with Gasteiger partial charge in [0, 0.05) is 60.3 Å². The van der Waals surface area contributed by atoms with E-state index in [1.165, 1.54) is 21.9 Å². The van der Waals surface area contributed by atoms with E-state index in [1.807, 2.05) is 60.7 Å². The fourth-order valence-corrected chi connectivity index (χ4v) is 10.2. The van der Waals surface area contributed by atoms with Gasteiger partial charge < -0.3 is 13.4 Å². The number of benzene rings is 10. The molecule has 0 saturated carbocycles. The zero-order valence-corrected chi connectivity index (χ0v) is 37.0. The second kappa shape index (κ2) is 15.6. The molecule has 69 heavy (non-hydrogen) atoms. The summed E-state index contributed by atoms with van der Waals surface area (Å²) >= 11 is 0. The van der Waals surface area contributed by atoms with Gasteiger partial charge in [-0.3, -0.25) is 0 Å². The Labute approximate surface area is 396 Å². The molecule has 4 heterocycles. The van der Waals surface area contributed by atoms with Crippen LogP contribution in [0, 0.1) is 0 Å². The molecule has 0 aliphatic heterocycles. The van der Waals surface area contributed by atoms with Crippen LogP contribution in [-0.4, -0.2) is 19.5 Å². The molecule has 0 radical (unpaired) electrons. The smallest absolute Gasteiger partial charge is 0.164 e. The Balaban J connectivity index is 1.03. The first-order valence-corrected chi connectivity index (χ1v) is 23.2. The summed E-state index contributed by atoms with van der Waals surface area (Å²) in [5.41, 5.74) is 15.4. The maximum Gasteiger partial charge on any atom is 0.164 e. The zero-order chi connectivity index (χ0) is 45.4. The first-order valence-electron chi connectivity index (χ1n) is 23.2. The molecule has 0 aliphatic rings. The summed E-state index contributed by atoms with van der Waals surface area (Å²) in [7, 11) is 0. The molecular formula is C63H38N4O2. The van der Waals surface area contributed by atoms with Crippen LogP contribution >= 0.6 is 0 Å². The Morgan fingerprint density at radius 2 is 0.797 bits per heavy atom. The first-order chi connectivity index (χ1) is 34.2. The van der Waals surface area contributed by atoms with E-state index < -0.39 is 0 Å². The molecule has 322 valence electrons. The van der Waals surface area contributed by atoms with E-state index in [0.29, 0.717) is 17.5 Å². The second-order valence-corrected chi connectivity index (χ2v) is 17.5. The van der Waals surface area contributed by atoms with E-state index in [1.54, 1.807) is 0 Å². The van der Waals surface area contributed by atoms with Gasteiger partial charge in [-0.15, -0.1) is 0 Å². The van der Waals surface area contributed by atoms with Gasteiger partial charge in [0.05, 0.1) is 11.0 Å². The van der Waals surface area contributed by atoms with Gasteiger partial charge in [0.1, 0.15) is 22.3 Å². The van der Waals surface area contributed by atoms with E-state index >= 15 is 0 Å². The molecule has 14 aromatic rings. The van der Waals surface area contributed by atoms with Crippen molar-refractivity contribution in [2.75, 3.05) is 0 Å². The second-order valence-electron chi connectivity index (χ2n) is 17.5. The average Bonchev–Trinajstić information content (AvgIpc) is 4.10. The van der Waals surface area contributed by atoms with E-state index in [0.717, 1.165) is 99.5 Å². The largest absolute Gasteiger partial charge is 0.456 e. The zero-order valence-electron chi connectivity index (χ0n) is 37.0. The van der Waals surface area contributed by atoms with Crippen molar-refractivity contribution in [1.82, 2.24) is 19.5 Å². The lowest BCUT2D eigenvalue weighted by Crippen LogP contribution is -2.00. The van der Waals surface area contributed by atoms with Crippen molar-refractivity contribution >= 4 is 65.7 Å². The summed E-state index contributed by atoms with van der Waals surface area (Å²) < 4.78 is 16.1. The molecular weight excluding hydrogens is 845 g/mol. The monoisotopic (exact) mass is 882 g/mol. The lowest BCUT2D eigenvalue weighted by molar-refractivity contribution is 0.668. The molecule has 0 bridgehead atoms. The quantitative estimate of drug-likeness (QED) is 0.159. The van der Waals surface area contributed by atoms with Crippen LogP contribution in [-0.2, 0) is 0 Å². The Kier molecular flexibility index (Phi) is 8.79. The van der Waals surface area contributed by atoms with Gasteiger partial charge >= 0.3 is 0 Å². The number of fused-ring (bicyclic) bond motifs is 9. The van der Waals surface area contributed by atoms with Gasteiger partial charge in [0.25, 0.3) is 0 Å². The summed E-state index contributed by atoms with van der Waals surface area (Å²) in [5.74, 6) is 1.69. The first kappa shape index (κ1) is 38.8. The summed E-state index contributed by atoms with van der Waals surface area (Å²) in [4.78, 5) is 15.6. The van der Waals surface area contributed by atoms with Gasteiger partial charge in [0.2, 0.25) is 0 Å². The molecule has 0 unspecified atom stereocenters. The van der Waals surface area contributed by atoms with Crippen molar-refractivity contribution in [1.29, 1.82) is 0 Å². The predicted octanol–water partition coefficient (Wildman–Crippen LogP) is 16.8. The molecule has 0 saturated heterocycles. The van der Waals surface area contributed by atoms with Gasteiger partial charge in [-0.25, -0.2) is 15.0 Å². The molecule has 6 heteroatoms. The van der Waals surface area contributed by atoms with Crippen LogP contribution in [0.1, 0.15) is 0 Å². The number of furan rings is 2. The Bertz CT molecular complexity index is 4290. The van der Waals surface area contributed by atoms with Gasteiger partial charge in [-0.05, 0) is 82.4 Å². The topological polar surface area (TPSA) is 69.9 Å². The molecule has 0 amide bonds. The maximum atomic E-state index is 6.95. The summed E-state index contributed by atoms with van der Waals surface area (Å²) in [6.07, 6.45) is 0. The van der Waals surface area contributed by atoms with E-state index in [2.05, 4.69) is 174 Å². The van der Waals surface area contributed by atoms with Crippen molar-refractivity contribution in [3.63, 3.8) is 0 Å². The van der Waals surface area contributed by atoms with E-state index in [4.69, 9.17) is 23.8 Å². The molecule has 4 aromatic heterocycles. The summed E-state index contributed by atoms with van der Waals surface area (Å²) in [5, 5.41) is 6.42. The fourth-order valence-electron chi connectivity index (χ4n) is 10.2. The summed E-state index contributed by atoms with van der Waals surface area (Å²) in [6, 6.07) is 80.4. The highest BCUT2D eigenvalue weighted by atomic mass is 16.3. The highest BCUT2D eigenvalue weighted by molar-refractivity contribution is 6.19. The number of hydrogen-bond acceptors (Lipinski definition) is 5. The minimum Gasteiger partial charge on any atom is -0.456 e. The molecule has 0 spiro atoms. The third-order valence-corrected chi connectivity index (χ3v) is 13.4. The third-order valence-electron chi connectivity index (χ3n) is 13.4. The Hall–Kier alpha value is -9.39. The molecule has 0 aliphatic carbocycles. The summed E-state index contributed by atoms with van der Waals surface area (Å²) in [6.45, 7) is 0. The number of nitrogens with zero attached hydrogens (tertiary/aromatic N) is 4. The third kappa shape index (κ3) is 6.45. The molecule has 0 atom stereocenters. The Morgan fingerprint density at radius 3 is 1.51 bits per heavy atom. The van der Waals surface area contributed by atoms with Gasteiger partial charge in [0.15, 0.2) is 17.5 Å². The van der Waals surface area contributed by atoms with Gasteiger partial charge in [-0.1, -0.05) is 176 Å². The fraction of sp³-hybridized carbons (Fsp3) is 0. The minimum absolute atomic E-state index is 0.531. The molecule has 0 N–H and O–H groups in total. The van der Waals surface area contributed by atoms with Crippen LogP contribution in [0.5, 0.6) is 0 Å². The van der Waals surface area contributed by atoms with Crippen molar-refractivity contribution in [2.24, 2.45) is 0 Å². The van der Waals surface area contributed by atoms with E-state index in [9.17, 15) is 0 Å². The number of rotatable bonds is 7. The number of para-hydroxylation sites is 3. The molecule has 0 fully saturated rings. The molecule has 14 rings (SSSR count). The SMILES string of the molecule is c1ccc(-c2ccc(-c3nc(-c4ccccc4)nc(-c4cc(-c5cc(-n6c7ccccc7c7cc(-c8ccccc8)ccc76)cc6c5oc5ccccc56)c5c(c4)oc4ccccc45)n3)cc2)cc1. The molecule has 10 aromatic carbocycles. The number of hydrogen-bond donors (Lipinski definition) is 0. The average molecular weight is 883 g/mol. The lowest BCUT2D eigenvalue weighted by Gasteiger charge is -2.14. The van der Waals surface area contributed by atoms with Crippen molar-refractivity contribution < 1.29 is 8.83 Å². The van der Waals surface area contributed by atoms with Crippen LogP contribution in [0.25, 0.3) is 139 Å². The minimum atomic E-state index is 0.531. The Morgan fingerprint density at radius 1 is 0.290 bits per heavy atom. The highest BCUT2D eigenvalue weighted by Crippen LogP contribution is 2.46. The van der Waals surface area contributed by atoms with Crippen molar-refractivity contribution in [2.45, 2.75) is 0 Å². The lowest BCUT2D eigenvalue weighted by atomic mass is 9.94.